The van der Waals surface area contributed by atoms with Gasteiger partial charge in [-0.3, -0.25) is 0 Å². The van der Waals surface area contributed by atoms with E-state index in [0.29, 0.717) is 74.0 Å². The van der Waals surface area contributed by atoms with Crippen LogP contribution in [0.5, 0.6) is 0 Å². The van der Waals surface area contributed by atoms with E-state index in [2.05, 4.69) is 64.8 Å². The van der Waals surface area contributed by atoms with Gasteiger partial charge in [-0.1, -0.05) is 78.7 Å². The number of nitrogens with zero attached hydrogens (tertiary/aromatic N) is 4. The number of benzene rings is 2. The van der Waals surface area contributed by atoms with Crippen LogP contribution in [0.1, 0.15) is 84.8 Å². The molecule has 48 heavy (non-hydrogen) atoms. The third kappa shape index (κ3) is 5.26. The largest absolute Gasteiger partial charge is 0.352 e. The summed E-state index contributed by atoms with van der Waals surface area (Å²) >= 11 is 1.64. The summed E-state index contributed by atoms with van der Waals surface area (Å²) < 4.78 is 33.3. The molecule has 2 aromatic carbocycles. The third-order valence-electron chi connectivity index (χ3n) is 11.9. The van der Waals surface area contributed by atoms with E-state index in [1.165, 1.54) is 25.3 Å². The summed E-state index contributed by atoms with van der Waals surface area (Å²) in [4.78, 5) is 17.7. The highest BCUT2D eigenvalue weighted by molar-refractivity contribution is 7.97. The highest BCUT2D eigenvalue weighted by Gasteiger charge is 2.46. The van der Waals surface area contributed by atoms with E-state index in [0.717, 1.165) is 35.2 Å². The van der Waals surface area contributed by atoms with Crippen molar-refractivity contribution in [2.24, 2.45) is 17.8 Å². The Hall–Kier alpha value is -3.02. The van der Waals surface area contributed by atoms with Crippen molar-refractivity contribution in [1.29, 1.82) is 0 Å². The summed E-state index contributed by atoms with van der Waals surface area (Å²) in [6.07, 6.45) is 6.51. The van der Waals surface area contributed by atoms with Crippen LogP contribution in [0.2, 0.25) is 16.6 Å². The van der Waals surface area contributed by atoms with E-state index >= 15 is 8.78 Å². The van der Waals surface area contributed by atoms with Crippen molar-refractivity contribution in [3.8, 4) is 22.7 Å². The first-order chi connectivity index (χ1) is 23.0. The number of hydrogen-bond acceptors (Lipinski definition) is 5. The number of halogens is 2. The number of piperidine rings is 1. The molecule has 252 valence electrons. The first-order valence-electron chi connectivity index (χ1n) is 17.9. The van der Waals surface area contributed by atoms with E-state index in [-0.39, 0.29) is 11.5 Å². The highest BCUT2D eigenvalue weighted by atomic mass is 32.2. The molecule has 1 saturated heterocycles. The summed E-state index contributed by atoms with van der Waals surface area (Å²) in [5.74, 6) is 6.26. The molecular formula is C40H48F2N4SSi. The second kappa shape index (κ2) is 12.7. The van der Waals surface area contributed by atoms with Crippen LogP contribution in [0.25, 0.3) is 32.9 Å². The van der Waals surface area contributed by atoms with Crippen LogP contribution < -0.4 is 4.90 Å². The van der Waals surface area contributed by atoms with Crippen LogP contribution in [0, 0.1) is 40.9 Å². The molecule has 0 radical (unpaired) electrons. The molecule has 0 N–H and O–H groups in total. The number of rotatable bonds is 6. The predicted octanol–water partition coefficient (Wildman–Crippen LogP) is 10.4. The van der Waals surface area contributed by atoms with E-state index < -0.39 is 13.9 Å². The van der Waals surface area contributed by atoms with Crippen LogP contribution in [-0.2, 0) is 12.2 Å². The summed E-state index contributed by atoms with van der Waals surface area (Å²) in [6.45, 7) is 16.8. The van der Waals surface area contributed by atoms with Gasteiger partial charge in [0.05, 0.1) is 22.4 Å². The van der Waals surface area contributed by atoms with E-state index in [1.807, 2.05) is 24.5 Å². The quantitative estimate of drug-likeness (QED) is 0.150. The van der Waals surface area contributed by atoms with Gasteiger partial charge in [-0.25, -0.2) is 23.7 Å². The standard InChI is InChI=1S/C40H48F2N4SSi/c1-22(2)48(23(3)4,24(5)6)17-16-29-31(41)15-14-27-10-9-11-30(34(27)29)37-36(42)38-35-32(43-37)18-25(7)39-28-13-12-26(19-28)20-46(39)40(35)45-33(44-38)21-47-8/h9-11,14-15,22-26,28,39H,12-13,18-21H2,1-8H3/t25-,26+,28-,39-/m1/s1. The average Bonchev–Trinajstić information content (AvgIpc) is 3.36. The van der Waals surface area contributed by atoms with Gasteiger partial charge in [0.25, 0.3) is 0 Å². The lowest BCUT2D eigenvalue weighted by molar-refractivity contribution is 0.265. The van der Waals surface area contributed by atoms with Crippen molar-refractivity contribution in [2.75, 3.05) is 17.7 Å². The molecule has 4 heterocycles. The summed E-state index contributed by atoms with van der Waals surface area (Å²) in [5.41, 5.74) is 7.24. The number of pyridine rings is 1. The normalized spacial score (nSPS) is 22.1. The molecule has 4 atom stereocenters. The topological polar surface area (TPSA) is 41.9 Å². The summed E-state index contributed by atoms with van der Waals surface area (Å²) in [7, 11) is -2.17. The number of aromatic nitrogens is 3. The van der Waals surface area contributed by atoms with E-state index in [1.54, 1.807) is 17.8 Å². The van der Waals surface area contributed by atoms with Crippen molar-refractivity contribution >= 4 is 47.3 Å². The first-order valence-corrected chi connectivity index (χ1v) is 21.5. The van der Waals surface area contributed by atoms with Gasteiger partial charge in [-0.15, -0.1) is 5.54 Å². The maximum atomic E-state index is 17.3. The lowest BCUT2D eigenvalue weighted by atomic mass is 9.82. The molecule has 4 nitrogen and oxygen atoms in total. The van der Waals surface area contributed by atoms with Crippen molar-refractivity contribution in [2.45, 2.75) is 103 Å². The Kier molecular flexibility index (Phi) is 8.86. The molecule has 3 aliphatic rings. The molecule has 2 aromatic heterocycles. The van der Waals surface area contributed by atoms with Gasteiger partial charge < -0.3 is 4.90 Å². The molecule has 2 bridgehead atoms. The Bertz CT molecular complexity index is 1940. The zero-order valence-corrected chi connectivity index (χ0v) is 31.4. The van der Waals surface area contributed by atoms with Crippen LogP contribution in [0.15, 0.2) is 30.3 Å². The van der Waals surface area contributed by atoms with Crippen LogP contribution in [-0.4, -0.2) is 41.9 Å². The fraction of sp³-hybridized carbons (Fsp3) is 0.525. The van der Waals surface area contributed by atoms with Gasteiger partial charge in [0.2, 0.25) is 0 Å². The Morgan fingerprint density at radius 3 is 2.42 bits per heavy atom. The Morgan fingerprint density at radius 1 is 0.958 bits per heavy atom. The third-order valence-corrected chi connectivity index (χ3v) is 18.8. The number of hydrogen-bond donors (Lipinski definition) is 0. The Morgan fingerprint density at radius 2 is 1.71 bits per heavy atom. The molecule has 7 rings (SSSR count). The summed E-state index contributed by atoms with van der Waals surface area (Å²) in [6, 6.07) is 9.37. The first kappa shape index (κ1) is 33.5. The van der Waals surface area contributed by atoms with Gasteiger partial charge in [-0.05, 0) is 77.8 Å². The van der Waals surface area contributed by atoms with E-state index in [4.69, 9.17) is 15.0 Å². The highest BCUT2D eigenvalue weighted by Crippen LogP contribution is 2.49. The SMILES string of the molecule is CSCc1nc2c3c(nc(-c4cccc5ccc(F)c(C#C[Si](C(C)C)(C(C)C)C(C)C)c45)c(F)c3n1)C[C@@H](C)[C@@H]1[C@@H]3CC[C@@H](C3)CN21. The van der Waals surface area contributed by atoms with Gasteiger partial charge in [-0.2, -0.15) is 11.8 Å². The predicted molar refractivity (Wildman–Crippen MR) is 200 cm³/mol. The molecule has 2 fully saturated rings. The molecule has 1 saturated carbocycles. The van der Waals surface area contributed by atoms with Gasteiger partial charge in [0, 0.05) is 23.5 Å². The molecular weight excluding hydrogens is 635 g/mol. The number of fused-ring (bicyclic) bond motifs is 6. The average molecular weight is 683 g/mol. The molecule has 0 spiro atoms. The van der Waals surface area contributed by atoms with Crippen molar-refractivity contribution in [3.63, 3.8) is 0 Å². The fourth-order valence-electron chi connectivity index (χ4n) is 9.94. The van der Waals surface area contributed by atoms with Crippen molar-refractivity contribution < 1.29 is 8.78 Å². The van der Waals surface area contributed by atoms with Gasteiger partial charge in [0.15, 0.2) is 5.82 Å². The lowest BCUT2D eigenvalue weighted by Gasteiger charge is -2.43. The zero-order valence-electron chi connectivity index (χ0n) is 29.6. The molecule has 4 aromatic rings. The smallest absolute Gasteiger partial charge is 0.175 e. The Balaban J connectivity index is 1.49. The minimum atomic E-state index is -2.17. The second-order valence-corrected chi connectivity index (χ2v) is 22.0. The minimum absolute atomic E-state index is 0.227. The van der Waals surface area contributed by atoms with Crippen molar-refractivity contribution in [1.82, 2.24) is 15.0 Å². The van der Waals surface area contributed by atoms with E-state index in [9.17, 15) is 0 Å². The lowest BCUT2D eigenvalue weighted by Crippen LogP contribution is -2.49. The molecule has 2 aliphatic heterocycles. The number of anilines is 1. The zero-order chi connectivity index (χ0) is 34.1. The maximum absolute atomic E-state index is 17.3. The van der Waals surface area contributed by atoms with Gasteiger partial charge in [0.1, 0.15) is 36.7 Å². The van der Waals surface area contributed by atoms with Crippen molar-refractivity contribution in [3.05, 3.63) is 59.0 Å². The minimum Gasteiger partial charge on any atom is -0.352 e. The van der Waals surface area contributed by atoms with Crippen LogP contribution >= 0.6 is 11.8 Å². The maximum Gasteiger partial charge on any atom is 0.175 e. The second-order valence-electron chi connectivity index (χ2n) is 15.6. The fourth-order valence-corrected chi connectivity index (χ4v) is 15.5. The molecule has 0 unspecified atom stereocenters. The molecule has 0 amide bonds. The summed E-state index contributed by atoms with van der Waals surface area (Å²) in [5, 5.41) is 2.20. The van der Waals surface area contributed by atoms with Crippen LogP contribution in [0.3, 0.4) is 0 Å². The monoisotopic (exact) mass is 682 g/mol. The molecule has 8 heteroatoms. The van der Waals surface area contributed by atoms with Crippen LogP contribution in [0.4, 0.5) is 14.6 Å². The molecule has 1 aliphatic carbocycles. The number of thioether (sulfide) groups is 1. The Labute approximate surface area is 289 Å². The van der Waals surface area contributed by atoms with Gasteiger partial charge >= 0.3 is 0 Å².